The molecule has 3 heterocycles. The van der Waals surface area contributed by atoms with E-state index in [1.165, 1.54) is 0 Å². The molecular formula is C13H16ClN7. The second kappa shape index (κ2) is 5.42. The molecule has 0 spiro atoms. The van der Waals surface area contributed by atoms with Crippen molar-refractivity contribution in [1.29, 1.82) is 0 Å². The molecule has 0 unspecified atom stereocenters. The molecule has 7 nitrogen and oxygen atoms in total. The van der Waals surface area contributed by atoms with E-state index in [1.54, 1.807) is 15.6 Å². The summed E-state index contributed by atoms with van der Waals surface area (Å²) in [5, 5.41) is 9.53. The average molecular weight is 306 g/mol. The van der Waals surface area contributed by atoms with E-state index < -0.39 is 0 Å². The van der Waals surface area contributed by atoms with Crippen LogP contribution in [0.25, 0.3) is 11.0 Å². The summed E-state index contributed by atoms with van der Waals surface area (Å²) in [7, 11) is 5.76. The van der Waals surface area contributed by atoms with Gasteiger partial charge in [0.1, 0.15) is 11.0 Å². The maximum atomic E-state index is 6.19. The van der Waals surface area contributed by atoms with Crippen molar-refractivity contribution in [1.82, 2.24) is 34.4 Å². The highest BCUT2D eigenvalue weighted by Crippen LogP contribution is 2.19. The van der Waals surface area contributed by atoms with Gasteiger partial charge in [0.2, 0.25) is 0 Å². The highest BCUT2D eigenvalue weighted by Gasteiger charge is 2.12. The third-order valence-electron chi connectivity index (χ3n) is 3.21. The van der Waals surface area contributed by atoms with E-state index >= 15 is 0 Å². The van der Waals surface area contributed by atoms with Crippen LogP contribution in [0.1, 0.15) is 11.4 Å². The first-order valence-corrected chi connectivity index (χ1v) is 6.91. The molecule has 110 valence electrons. The van der Waals surface area contributed by atoms with Gasteiger partial charge in [-0.05, 0) is 7.05 Å². The molecule has 0 N–H and O–H groups in total. The summed E-state index contributed by atoms with van der Waals surface area (Å²) in [5.41, 5.74) is 1.90. The molecule has 0 fully saturated rings. The van der Waals surface area contributed by atoms with Gasteiger partial charge in [-0.3, -0.25) is 14.3 Å². The number of aromatic nitrogens is 6. The lowest BCUT2D eigenvalue weighted by atomic mass is 10.3. The van der Waals surface area contributed by atoms with Gasteiger partial charge in [-0.15, -0.1) is 0 Å². The van der Waals surface area contributed by atoms with Crippen molar-refractivity contribution in [2.24, 2.45) is 14.1 Å². The Bertz CT molecular complexity index is 776. The summed E-state index contributed by atoms with van der Waals surface area (Å²) >= 11 is 6.19. The van der Waals surface area contributed by atoms with Crippen LogP contribution in [-0.4, -0.2) is 41.5 Å². The zero-order valence-corrected chi connectivity index (χ0v) is 12.9. The van der Waals surface area contributed by atoms with Crippen molar-refractivity contribution in [2.45, 2.75) is 13.1 Å². The number of aryl methyl sites for hydroxylation is 2. The predicted molar refractivity (Wildman–Crippen MR) is 79.7 cm³/mol. The Hall–Kier alpha value is -1.99. The standard InChI is InChI=1S/C13H16ClN7/c1-19(6-9-4-15-20(2)7-9)8-11-17-12(14)10-5-16-21(3)13(10)18-11/h4-5,7H,6,8H2,1-3H3. The van der Waals surface area contributed by atoms with Crippen LogP contribution in [0, 0.1) is 0 Å². The van der Waals surface area contributed by atoms with Crippen molar-refractivity contribution >= 4 is 22.6 Å². The molecule has 0 aliphatic carbocycles. The quantitative estimate of drug-likeness (QED) is 0.681. The van der Waals surface area contributed by atoms with Gasteiger partial charge < -0.3 is 0 Å². The molecule has 8 heteroatoms. The number of hydrogen-bond donors (Lipinski definition) is 0. The minimum atomic E-state index is 0.442. The number of nitrogens with zero attached hydrogens (tertiary/aromatic N) is 7. The van der Waals surface area contributed by atoms with Gasteiger partial charge in [-0.25, -0.2) is 9.97 Å². The lowest BCUT2D eigenvalue weighted by Gasteiger charge is -2.14. The fourth-order valence-electron chi connectivity index (χ4n) is 2.26. The first kappa shape index (κ1) is 14.0. The van der Waals surface area contributed by atoms with Crippen LogP contribution in [0.15, 0.2) is 18.6 Å². The average Bonchev–Trinajstić information content (AvgIpc) is 2.97. The van der Waals surface area contributed by atoms with Crippen molar-refractivity contribution in [2.75, 3.05) is 7.05 Å². The first-order chi connectivity index (χ1) is 10.0. The number of hydrogen-bond acceptors (Lipinski definition) is 5. The minimum absolute atomic E-state index is 0.442. The van der Waals surface area contributed by atoms with Crippen LogP contribution in [0.2, 0.25) is 5.15 Å². The van der Waals surface area contributed by atoms with Gasteiger partial charge in [0.15, 0.2) is 5.65 Å². The van der Waals surface area contributed by atoms with E-state index in [4.69, 9.17) is 11.6 Å². The summed E-state index contributed by atoms with van der Waals surface area (Å²) in [6.07, 6.45) is 5.53. The Morgan fingerprint density at radius 1 is 1.14 bits per heavy atom. The molecule has 3 aromatic heterocycles. The Morgan fingerprint density at radius 3 is 2.67 bits per heavy atom. The van der Waals surface area contributed by atoms with Crippen LogP contribution >= 0.6 is 11.6 Å². The highest BCUT2D eigenvalue weighted by atomic mass is 35.5. The van der Waals surface area contributed by atoms with Crippen LogP contribution < -0.4 is 0 Å². The van der Waals surface area contributed by atoms with Gasteiger partial charge in [0, 0.05) is 32.4 Å². The van der Waals surface area contributed by atoms with Crippen molar-refractivity contribution in [3.05, 3.63) is 35.1 Å². The molecular weight excluding hydrogens is 290 g/mol. The number of fused-ring (bicyclic) bond motifs is 1. The molecule has 0 aliphatic rings. The van der Waals surface area contributed by atoms with Gasteiger partial charge in [0.05, 0.1) is 24.3 Å². The summed E-state index contributed by atoms with van der Waals surface area (Å²) in [6.45, 7) is 1.38. The second-order valence-electron chi connectivity index (χ2n) is 5.13. The second-order valence-corrected chi connectivity index (χ2v) is 5.49. The highest BCUT2D eigenvalue weighted by molar-refractivity contribution is 6.33. The molecule has 0 saturated heterocycles. The van der Waals surface area contributed by atoms with Crippen LogP contribution in [0.5, 0.6) is 0 Å². The molecule has 0 radical (unpaired) electrons. The number of halogens is 1. The lowest BCUT2D eigenvalue weighted by molar-refractivity contribution is 0.311. The summed E-state index contributed by atoms with van der Waals surface area (Å²) in [6, 6.07) is 0. The van der Waals surface area contributed by atoms with E-state index in [0.717, 1.165) is 23.1 Å². The van der Waals surface area contributed by atoms with Crippen molar-refractivity contribution in [3.63, 3.8) is 0 Å². The lowest BCUT2D eigenvalue weighted by Crippen LogP contribution is -2.19. The zero-order valence-electron chi connectivity index (χ0n) is 12.2. The fraction of sp³-hybridized carbons (Fsp3) is 0.385. The van der Waals surface area contributed by atoms with Gasteiger partial charge in [-0.2, -0.15) is 10.2 Å². The molecule has 0 aliphatic heterocycles. The normalized spacial score (nSPS) is 11.7. The molecule has 0 bridgehead atoms. The topological polar surface area (TPSA) is 64.7 Å². The summed E-state index contributed by atoms with van der Waals surface area (Å²) < 4.78 is 3.49. The smallest absolute Gasteiger partial charge is 0.162 e. The van der Waals surface area contributed by atoms with Crippen LogP contribution in [0.4, 0.5) is 0 Å². The van der Waals surface area contributed by atoms with Crippen LogP contribution in [-0.2, 0) is 27.2 Å². The predicted octanol–water partition coefficient (Wildman–Crippen LogP) is 1.38. The van der Waals surface area contributed by atoms with Crippen LogP contribution in [0.3, 0.4) is 0 Å². The zero-order chi connectivity index (χ0) is 15.0. The Balaban J connectivity index is 1.79. The molecule has 3 rings (SSSR count). The van der Waals surface area contributed by atoms with Crippen molar-refractivity contribution < 1.29 is 0 Å². The maximum Gasteiger partial charge on any atom is 0.162 e. The molecule has 0 atom stereocenters. The molecule has 21 heavy (non-hydrogen) atoms. The van der Waals surface area contributed by atoms with E-state index in [2.05, 4.69) is 25.1 Å². The van der Waals surface area contributed by atoms with Gasteiger partial charge in [0.25, 0.3) is 0 Å². The summed E-state index contributed by atoms with van der Waals surface area (Å²) in [5.74, 6) is 0.683. The molecule has 0 amide bonds. The Kier molecular flexibility index (Phi) is 3.60. The summed E-state index contributed by atoms with van der Waals surface area (Å²) in [4.78, 5) is 11.0. The van der Waals surface area contributed by atoms with E-state index in [1.807, 2.05) is 33.5 Å². The Labute approximate surface area is 127 Å². The van der Waals surface area contributed by atoms with E-state index in [0.29, 0.717) is 17.5 Å². The molecule has 3 aromatic rings. The molecule has 0 saturated carbocycles. The molecule has 0 aromatic carbocycles. The Morgan fingerprint density at radius 2 is 1.95 bits per heavy atom. The van der Waals surface area contributed by atoms with Crippen molar-refractivity contribution in [3.8, 4) is 0 Å². The third kappa shape index (κ3) is 2.88. The maximum absolute atomic E-state index is 6.19. The van der Waals surface area contributed by atoms with E-state index in [9.17, 15) is 0 Å². The number of rotatable bonds is 4. The van der Waals surface area contributed by atoms with Gasteiger partial charge in [-0.1, -0.05) is 11.6 Å². The first-order valence-electron chi connectivity index (χ1n) is 6.53. The fourth-order valence-corrected chi connectivity index (χ4v) is 2.49. The minimum Gasteiger partial charge on any atom is -0.295 e. The largest absolute Gasteiger partial charge is 0.295 e. The third-order valence-corrected chi connectivity index (χ3v) is 3.50. The monoisotopic (exact) mass is 305 g/mol. The van der Waals surface area contributed by atoms with Gasteiger partial charge >= 0.3 is 0 Å². The SMILES string of the molecule is CN(Cc1cnn(C)c1)Cc1nc(Cl)c2cnn(C)c2n1. The van der Waals surface area contributed by atoms with E-state index in [-0.39, 0.29) is 0 Å².